The lowest BCUT2D eigenvalue weighted by Crippen LogP contribution is -2.54. The quantitative estimate of drug-likeness (QED) is 0.603. The molecule has 1 fully saturated rings. The number of rotatable bonds is 4. The maximum atomic E-state index is 10.1. The van der Waals surface area contributed by atoms with E-state index in [1.165, 1.54) is 11.1 Å². The zero-order chi connectivity index (χ0) is 20.9. The highest BCUT2D eigenvalue weighted by molar-refractivity contribution is 5.80. The third-order valence-electron chi connectivity index (χ3n) is 6.35. The van der Waals surface area contributed by atoms with Gasteiger partial charge in [-0.15, -0.1) is 0 Å². The fraction of sp³-hybridized carbons (Fsp3) is 0.458. The van der Waals surface area contributed by atoms with Crippen molar-refractivity contribution in [3.8, 4) is 5.75 Å². The summed E-state index contributed by atoms with van der Waals surface area (Å²) >= 11 is 0. The number of hydrogen-bond donors (Lipinski definition) is 2. The molecular weight excluding hydrogens is 374 g/mol. The van der Waals surface area contributed by atoms with E-state index in [4.69, 9.17) is 0 Å². The molecule has 0 radical (unpaired) electrons. The van der Waals surface area contributed by atoms with Crippen LogP contribution in [0, 0.1) is 0 Å². The van der Waals surface area contributed by atoms with Crippen molar-refractivity contribution in [2.24, 2.45) is 4.99 Å². The fourth-order valence-electron chi connectivity index (χ4n) is 4.48. The highest BCUT2D eigenvalue weighted by atomic mass is 16.3. The van der Waals surface area contributed by atoms with E-state index in [0.717, 1.165) is 63.9 Å². The van der Waals surface area contributed by atoms with Gasteiger partial charge in [-0.2, -0.15) is 0 Å². The fourth-order valence-corrected chi connectivity index (χ4v) is 4.48. The van der Waals surface area contributed by atoms with Crippen LogP contribution in [0.1, 0.15) is 18.1 Å². The van der Waals surface area contributed by atoms with E-state index in [0.29, 0.717) is 11.8 Å². The summed E-state index contributed by atoms with van der Waals surface area (Å²) in [5.74, 6) is 1.32. The Kier molecular flexibility index (Phi) is 6.43. The number of piperazine rings is 1. The minimum absolute atomic E-state index is 0.352. The zero-order valence-corrected chi connectivity index (χ0v) is 18.1. The summed E-state index contributed by atoms with van der Waals surface area (Å²) in [7, 11) is 1.86. The smallest absolute Gasteiger partial charge is 0.193 e. The van der Waals surface area contributed by atoms with Crippen molar-refractivity contribution in [3.63, 3.8) is 0 Å². The molecule has 2 aliphatic heterocycles. The van der Waals surface area contributed by atoms with Gasteiger partial charge in [-0.25, -0.2) is 0 Å². The molecule has 2 N–H and O–H groups in total. The van der Waals surface area contributed by atoms with E-state index in [9.17, 15) is 5.11 Å². The van der Waals surface area contributed by atoms with E-state index in [1.54, 1.807) is 6.07 Å². The molecule has 0 saturated carbocycles. The largest absolute Gasteiger partial charge is 0.506 e. The number of para-hydroxylation sites is 2. The van der Waals surface area contributed by atoms with Gasteiger partial charge in [0.2, 0.25) is 0 Å². The van der Waals surface area contributed by atoms with E-state index >= 15 is 0 Å². The van der Waals surface area contributed by atoms with Crippen molar-refractivity contribution >= 4 is 11.6 Å². The predicted molar refractivity (Wildman–Crippen MR) is 123 cm³/mol. The number of phenols is 1. The van der Waals surface area contributed by atoms with Crippen LogP contribution < -0.4 is 10.2 Å². The highest BCUT2D eigenvalue weighted by Gasteiger charge is 2.23. The molecular formula is C24H33N5O. The van der Waals surface area contributed by atoms with Crippen molar-refractivity contribution in [1.82, 2.24) is 15.1 Å². The monoisotopic (exact) mass is 407 g/mol. The van der Waals surface area contributed by atoms with Crippen molar-refractivity contribution in [2.45, 2.75) is 25.9 Å². The van der Waals surface area contributed by atoms with Crippen molar-refractivity contribution < 1.29 is 5.11 Å². The van der Waals surface area contributed by atoms with Crippen LogP contribution >= 0.6 is 0 Å². The number of nitrogens with one attached hydrogen (secondary N) is 1. The van der Waals surface area contributed by atoms with Crippen LogP contribution in [0.25, 0.3) is 0 Å². The molecule has 0 aliphatic carbocycles. The number of hydrogen-bond acceptors (Lipinski definition) is 4. The molecule has 1 atom stereocenters. The maximum Gasteiger partial charge on any atom is 0.193 e. The summed E-state index contributed by atoms with van der Waals surface area (Å²) in [6, 6.07) is 16.8. The van der Waals surface area contributed by atoms with Gasteiger partial charge in [0.25, 0.3) is 0 Å². The molecule has 2 aliphatic rings. The van der Waals surface area contributed by atoms with E-state index in [2.05, 4.69) is 56.2 Å². The second kappa shape index (κ2) is 9.39. The third kappa shape index (κ3) is 4.54. The van der Waals surface area contributed by atoms with Gasteiger partial charge in [-0.1, -0.05) is 36.4 Å². The average molecular weight is 408 g/mol. The molecule has 160 valence electrons. The Hall–Kier alpha value is -2.73. The molecule has 2 heterocycles. The van der Waals surface area contributed by atoms with Gasteiger partial charge in [-0.05, 0) is 36.6 Å². The number of phenolic OH excluding ortho intramolecular Hbond substituents is 1. The topological polar surface area (TPSA) is 54.3 Å². The van der Waals surface area contributed by atoms with Crippen molar-refractivity contribution in [2.75, 3.05) is 51.2 Å². The Morgan fingerprint density at radius 3 is 2.43 bits per heavy atom. The lowest BCUT2D eigenvalue weighted by atomic mass is 9.99. The van der Waals surface area contributed by atoms with E-state index in [1.807, 2.05) is 25.2 Å². The number of aliphatic imine (C=N–C) groups is 1. The van der Waals surface area contributed by atoms with Gasteiger partial charge in [0.05, 0.1) is 5.69 Å². The van der Waals surface area contributed by atoms with Crippen molar-refractivity contribution in [1.29, 1.82) is 0 Å². The van der Waals surface area contributed by atoms with E-state index < -0.39 is 0 Å². The Labute approximate surface area is 179 Å². The van der Waals surface area contributed by atoms with Crippen LogP contribution in [0.15, 0.2) is 53.5 Å². The normalized spacial score (nSPS) is 18.8. The molecule has 4 rings (SSSR count). The molecule has 6 heteroatoms. The van der Waals surface area contributed by atoms with Crippen molar-refractivity contribution in [3.05, 3.63) is 59.7 Å². The first-order valence-corrected chi connectivity index (χ1v) is 10.9. The van der Waals surface area contributed by atoms with Crippen LogP contribution in [0.4, 0.5) is 5.69 Å². The molecule has 0 amide bonds. The lowest BCUT2D eigenvalue weighted by Gasteiger charge is -2.39. The first-order valence-electron chi connectivity index (χ1n) is 10.9. The summed E-state index contributed by atoms with van der Waals surface area (Å²) in [5.41, 5.74) is 3.87. The average Bonchev–Trinajstić information content (AvgIpc) is 2.80. The Morgan fingerprint density at radius 2 is 1.70 bits per heavy atom. The molecule has 0 bridgehead atoms. The number of nitrogens with zero attached hydrogens (tertiary/aromatic N) is 4. The third-order valence-corrected chi connectivity index (χ3v) is 6.35. The second-order valence-electron chi connectivity index (χ2n) is 8.23. The summed E-state index contributed by atoms with van der Waals surface area (Å²) in [6.45, 7) is 8.83. The Morgan fingerprint density at radius 1 is 1.00 bits per heavy atom. The SMILES string of the molecule is CN=C(NCC(C)N1CCc2ccccc2C1)N1CCN(c2ccccc2O)CC1. The standard InChI is InChI=1S/C24H33N5O/c1-19(29-12-11-20-7-3-4-8-21(20)18-29)17-26-24(25-2)28-15-13-27(14-16-28)22-9-5-6-10-23(22)30/h3-10,19,30H,11-18H2,1-2H3,(H,25,26). The van der Waals surface area contributed by atoms with Gasteiger partial charge in [0, 0.05) is 58.9 Å². The van der Waals surface area contributed by atoms with Gasteiger partial charge in [-0.3, -0.25) is 9.89 Å². The molecule has 30 heavy (non-hydrogen) atoms. The molecule has 2 aromatic carbocycles. The molecule has 2 aromatic rings. The summed E-state index contributed by atoms with van der Waals surface area (Å²) in [6.07, 6.45) is 1.13. The first kappa shape index (κ1) is 20.5. The zero-order valence-electron chi connectivity index (χ0n) is 18.1. The second-order valence-corrected chi connectivity index (χ2v) is 8.23. The Bertz CT molecular complexity index is 875. The van der Waals surface area contributed by atoms with Gasteiger partial charge >= 0.3 is 0 Å². The van der Waals surface area contributed by atoms with Crippen LogP contribution in [0.5, 0.6) is 5.75 Å². The van der Waals surface area contributed by atoms with Gasteiger partial charge < -0.3 is 20.2 Å². The molecule has 0 aromatic heterocycles. The highest BCUT2D eigenvalue weighted by Crippen LogP contribution is 2.27. The minimum atomic E-state index is 0.352. The lowest BCUT2D eigenvalue weighted by molar-refractivity contribution is 0.190. The van der Waals surface area contributed by atoms with Crippen LogP contribution in [-0.2, 0) is 13.0 Å². The number of fused-ring (bicyclic) bond motifs is 1. The number of benzene rings is 2. The predicted octanol–water partition coefficient (Wildman–Crippen LogP) is 2.54. The molecule has 0 spiro atoms. The molecule has 6 nitrogen and oxygen atoms in total. The summed E-state index contributed by atoms with van der Waals surface area (Å²) < 4.78 is 0. The van der Waals surface area contributed by atoms with E-state index in [-0.39, 0.29) is 0 Å². The number of anilines is 1. The minimum Gasteiger partial charge on any atom is -0.506 e. The maximum absolute atomic E-state index is 10.1. The summed E-state index contributed by atoms with van der Waals surface area (Å²) in [5, 5.41) is 13.7. The van der Waals surface area contributed by atoms with Gasteiger partial charge in [0.1, 0.15) is 5.75 Å². The Balaban J connectivity index is 1.28. The molecule has 1 saturated heterocycles. The van der Waals surface area contributed by atoms with Gasteiger partial charge in [0.15, 0.2) is 5.96 Å². The van der Waals surface area contributed by atoms with Crippen LogP contribution in [-0.4, -0.2) is 73.2 Å². The number of guanidine groups is 1. The first-order chi connectivity index (χ1) is 14.7. The van der Waals surface area contributed by atoms with Crippen LogP contribution in [0.3, 0.4) is 0 Å². The van der Waals surface area contributed by atoms with Crippen LogP contribution in [0.2, 0.25) is 0 Å². The molecule has 1 unspecified atom stereocenters. The number of aromatic hydroxyl groups is 1. The summed E-state index contributed by atoms with van der Waals surface area (Å²) in [4.78, 5) is 11.6.